The fourth-order valence-electron chi connectivity index (χ4n) is 1.69. The van der Waals surface area contributed by atoms with Crippen LogP contribution in [-0.4, -0.2) is 9.97 Å². The molecule has 1 aromatic heterocycles. The number of rotatable bonds is 2. The van der Waals surface area contributed by atoms with Gasteiger partial charge in [-0.2, -0.15) is 0 Å². The average molecular weight is 235 g/mol. The topological polar surface area (TPSA) is 51.8 Å². The van der Waals surface area contributed by atoms with Gasteiger partial charge in [-0.1, -0.05) is 13.0 Å². The summed E-state index contributed by atoms with van der Waals surface area (Å²) in [6, 6.07) is 3.97. The lowest BCUT2D eigenvalue weighted by Gasteiger charge is -2.09. The quantitative estimate of drug-likeness (QED) is 0.870. The van der Waals surface area contributed by atoms with Crippen molar-refractivity contribution in [2.24, 2.45) is 0 Å². The fraction of sp³-hybridized carbons (Fsp3) is 0.167. The summed E-state index contributed by atoms with van der Waals surface area (Å²) in [7, 11) is 0. The molecule has 0 aliphatic rings. The van der Waals surface area contributed by atoms with Crippen molar-refractivity contribution >= 4 is 5.82 Å². The number of benzene rings is 1. The molecule has 0 aliphatic carbocycles. The van der Waals surface area contributed by atoms with Gasteiger partial charge >= 0.3 is 0 Å². The zero-order chi connectivity index (χ0) is 12.4. The van der Waals surface area contributed by atoms with Gasteiger partial charge in [0.15, 0.2) is 11.6 Å². The first-order chi connectivity index (χ1) is 8.15. The molecule has 2 rings (SSSR count). The summed E-state index contributed by atoms with van der Waals surface area (Å²) >= 11 is 0. The average Bonchev–Trinajstić information content (AvgIpc) is 2.32. The molecule has 3 nitrogen and oxygen atoms in total. The highest BCUT2D eigenvalue weighted by molar-refractivity contribution is 5.67. The second-order valence-corrected chi connectivity index (χ2v) is 3.54. The predicted molar refractivity (Wildman–Crippen MR) is 61.2 cm³/mol. The highest BCUT2D eigenvalue weighted by Crippen LogP contribution is 2.27. The third-order valence-electron chi connectivity index (χ3n) is 2.54. The van der Waals surface area contributed by atoms with Gasteiger partial charge in [0.05, 0.1) is 5.69 Å². The summed E-state index contributed by atoms with van der Waals surface area (Å²) in [6.45, 7) is 1.86. The van der Waals surface area contributed by atoms with E-state index in [1.54, 1.807) is 0 Å². The van der Waals surface area contributed by atoms with Crippen LogP contribution in [0.3, 0.4) is 0 Å². The molecule has 0 unspecified atom stereocenters. The van der Waals surface area contributed by atoms with Crippen molar-refractivity contribution in [3.63, 3.8) is 0 Å². The number of aromatic nitrogens is 2. The molecular formula is C12H11F2N3. The second-order valence-electron chi connectivity index (χ2n) is 3.54. The SMILES string of the molecule is CCc1c(N)ncnc1-c1cccc(F)c1F. The van der Waals surface area contributed by atoms with Crippen molar-refractivity contribution in [1.82, 2.24) is 9.97 Å². The van der Waals surface area contributed by atoms with E-state index in [0.717, 1.165) is 6.07 Å². The molecule has 0 saturated carbocycles. The molecule has 0 fully saturated rings. The summed E-state index contributed by atoms with van der Waals surface area (Å²) in [5.41, 5.74) is 6.76. The minimum Gasteiger partial charge on any atom is -0.383 e. The standard InChI is InChI=1S/C12H11F2N3/c1-2-7-11(16-6-17-12(7)15)8-4-3-5-9(13)10(8)14/h3-6H,2H2,1H3,(H2,15,16,17). The Morgan fingerprint density at radius 1 is 1.24 bits per heavy atom. The number of anilines is 1. The number of nitrogens with zero attached hydrogens (tertiary/aromatic N) is 2. The van der Waals surface area contributed by atoms with Crippen LogP contribution in [-0.2, 0) is 6.42 Å². The van der Waals surface area contributed by atoms with Gasteiger partial charge in [0.1, 0.15) is 12.1 Å². The van der Waals surface area contributed by atoms with Crippen LogP contribution in [0.4, 0.5) is 14.6 Å². The van der Waals surface area contributed by atoms with Crippen LogP contribution in [0.15, 0.2) is 24.5 Å². The molecule has 0 aliphatic heterocycles. The van der Waals surface area contributed by atoms with Crippen molar-refractivity contribution in [2.75, 3.05) is 5.73 Å². The van der Waals surface area contributed by atoms with Crippen LogP contribution in [0.25, 0.3) is 11.3 Å². The van der Waals surface area contributed by atoms with E-state index in [9.17, 15) is 8.78 Å². The fourth-order valence-corrected chi connectivity index (χ4v) is 1.69. The van der Waals surface area contributed by atoms with E-state index < -0.39 is 11.6 Å². The highest BCUT2D eigenvalue weighted by Gasteiger charge is 2.15. The zero-order valence-corrected chi connectivity index (χ0v) is 9.24. The molecule has 5 heteroatoms. The van der Waals surface area contributed by atoms with E-state index in [-0.39, 0.29) is 5.56 Å². The molecule has 17 heavy (non-hydrogen) atoms. The highest BCUT2D eigenvalue weighted by atomic mass is 19.2. The lowest BCUT2D eigenvalue weighted by molar-refractivity contribution is 0.511. The van der Waals surface area contributed by atoms with Crippen molar-refractivity contribution < 1.29 is 8.78 Å². The Labute approximate surface area is 97.3 Å². The zero-order valence-electron chi connectivity index (χ0n) is 9.24. The lowest BCUT2D eigenvalue weighted by atomic mass is 10.0. The summed E-state index contributed by atoms with van der Waals surface area (Å²) in [5.74, 6) is -1.52. The van der Waals surface area contributed by atoms with Gasteiger partial charge in [-0.05, 0) is 18.6 Å². The second kappa shape index (κ2) is 4.45. The van der Waals surface area contributed by atoms with Gasteiger partial charge in [-0.3, -0.25) is 0 Å². The molecule has 88 valence electrons. The molecule has 0 spiro atoms. The van der Waals surface area contributed by atoms with Crippen molar-refractivity contribution in [1.29, 1.82) is 0 Å². The molecule has 0 atom stereocenters. The molecule has 0 saturated heterocycles. The molecule has 1 aromatic carbocycles. The van der Waals surface area contributed by atoms with E-state index in [1.165, 1.54) is 18.5 Å². The molecule has 2 N–H and O–H groups in total. The molecule has 0 bridgehead atoms. The Hall–Kier alpha value is -2.04. The maximum Gasteiger partial charge on any atom is 0.168 e. The number of nitrogen functional groups attached to an aromatic ring is 1. The first-order valence-corrected chi connectivity index (χ1v) is 5.18. The first-order valence-electron chi connectivity index (χ1n) is 5.18. The Morgan fingerprint density at radius 2 is 2.00 bits per heavy atom. The van der Waals surface area contributed by atoms with E-state index >= 15 is 0 Å². The number of halogens is 2. The van der Waals surface area contributed by atoms with Crippen LogP contribution in [0.1, 0.15) is 12.5 Å². The van der Waals surface area contributed by atoms with Gasteiger partial charge in [0, 0.05) is 11.1 Å². The molecular weight excluding hydrogens is 224 g/mol. The monoisotopic (exact) mass is 235 g/mol. The normalized spacial score (nSPS) is 10.5. The number of hydrogen-bond donors (Lipinski definition) is 1. The molecule has 2 aromatic rings. The largest absolute Gasteiger partial charge is 0.383 e. The van der Waals surface area contributed by atoms with E-state index in [2.05, 4.69) is 9.97 Å². The Kier molecular flexibility index (Phi) is 2.99. The minimum absolute atomic E-state index is 0.107. The van der Waals surface area contributed by atoms with E-state index in [0.29, 0.717) is 23.5 Å². The van der Waals surface area contributed by atoms with Crippen molar-refractivity contribution in [2.45, 2.75) is 13.3 Å². The Bertz CT molecular complexity index is 555. The van der Waals surface area contributed by atoms with E-state index in [4.69, 9.17) is 5.73 Å². The number of nitrogens with two attached hydrogens (primary N) is 1. The van der Waals surface area contributed by atoms with Gasteiger partial charge in [0.25, 0.3) is 0 Å². The van der Waals surface area contributed by atoms with Crippen LogP contribution in [0.2, 0.25) is 0 Å². The lowest BCUT2D eigenvalue weighted by Crippen LogP contribution is -2.03. The van der Waals surface area contributed by atoms with Gasteiger partial charge in [-0.15, -0.1) is 0 Å². The molecule has 1 heterocycles. The summed E-state index contributed by atoms with van der Waals surface area (Å²) < 4.78 is 26.8. The smallest absolute Gasteiger partial charge is 0.168 e. The molecule has 0 radical (unpaired) electrons. The maximum atomic E-state index is 13.7. The minimum atomic E-state index is -0.916. The van der Waals surface area contributed by atoms with Crippen LogP contribution < -0.4 is 5.73 Å². The van der Waals surface area contributed by atoms with Gasteiger partial charge in [-0.25, -0.2) is 18.7 Å². The third-order valence-corrected chi connectivity index (χ3v) is 2.54. The van der Waals surface area contributed by atoms with E-state index in [1.807, 2.05) is 6.92 Å². The number of hydrogen-bond acceptors (Lipinski definition) is 3. The summed E-state index contributed by atoms with van der Waals surface area (Å²) in [6.07, 6.45) is 1.80. The molecule has 0 amide bonds. The van der Waals surface area contributed by atoms with Gasteiger partial charge < -0.3 is 5.73 Å². The van der Waals surface area contributed by atoms with Crippen molar-refractivity contribution in [3.8, 4) is 11.3 Å². The van der Waals surface area contributed by atoms with Crippen LogP contribution in [0, 0.1) is 11.6 Å². The first kappa shape index (κ1) is 11.4. The Morgan fingerprint density at radius 3 is 2.71 bits per heavy atom. The van der Waals surface area contributed by atoms with Crippen LogP contribution >= 0.6 is 0 Å². The van der Waals surface area contributed by atoms with Crippen LogP contribution in [0.5, 0.6) is 0 Å². The summed E-state index contributed by atoms with van der Waals surface area (Å²) in [5, 5.41) is 0. The maximum absolute atomic E-state index is 13.7. The van der Waals surface area contributed by atoms with Crippen molar-refractivity contribution in [3.05, 3.63) is 41.7 Å². The summed E-state index contributed by atoms with van der Waals surface area (Å²) in [4.78, 5) is 7.82. The predicted octanol–water partition coefficient (Wildman–Crippen LogP) is 2.57. The Balaban J connectivity index is 2.68. The van der Waals surface area contributed by atoms with Gasteiger partial charge in [0.2, 0.25) is 0 Å². The third kappa shape index (κ3) is 1.95.